The Hall–Kier alpha value is -2.69. The highest BCUT2D eigenvalue weighted by Gasteiger charge is 2.19. The molecule has 1 atom stereocenters. The van der Waals surface area contributed by atoms with Crippen LogP contribution >= 0.6 is 0 Å². The molecule has 1 aliphatic heterocycles. The molecule has 1 N–H and O–H groups in total. The lowest BCUT2D eigenvalue weighted by molar-refractivity contribution is 0.0973. The highest BCUT2D eigenvalue weighted by atomic mass is 16.6. The molecule has 1 aliphatic rings. The summed E-state index contributed by atoms with van der Waals surface area (Å²) in [6, 6.07) is 12.9. The van der Waals surface area contributed by atoms with E-state index in [1.54, 1.807) is 18.3 Å². The minimum atomic E-state index is -0.140. The van der Waals surface area contributed by atoms with Crippen LogP contribution in [0.1, 0.15) is 12.5 Å². The first-order valence-electron chi connectivity index (χ1n) is 7.61. The number of ether oxygens (including phenoxy) is 3. The van der Waals surface area contributed by atoms with E-state index in [2.05, 4.69) is 4.99 Å². The van der Waals surface area contributed by atoms with Crippen LogP contribution in [0.4, 0.5) is 0 Å². The second-order valence-corrected chi connectivity index (χ2v) is 5.12. The van der Waals surface area contributed by atoms with E-state index in [0.29, 0.717) is 31.1 Å². The topological polar surface area (TPSA) is 60.3 Å². The maximum absolute atomic E-state index is 10.1. The molecule has 0 bridgehead atoms. The van der Waals surface area contributed by atoms with Gasteiger partial charge in [-0.15, -0.1) is 0 Å². The van der Waals surface area contributed by atoms with Crippen molar-refractivity contribution in [3.05, 3.63) is 48.0 Å². The molecule has 23 heavy (non-hydrogen) atoms. The first kappa shape index (κ1) is 15.2. The third-order valence-corrected chi connectivity index (χ3v) is 3.44. The zero-order valence-corrected chi connectivity index (χ0v) is 12.9. The van der Waals surface area contributed by atoms with Gasteiger partial charge in [-0.05, 0) is 31.2 Å². The molecule has 5 heteroatoms. The van der Waals surface area contributed by atoms with E-state index in [4.69, 9.17) is 14.2 Å². The molecule has 2 aromatic carbocycles. The molecule has 120 valence electrons. The fourth-order valence-corrected chi connectivity index (χ4v) is 2.34. The van der Waals surface area contributed by atoms with Gasteiger partial charge in [0.2, 0.25) is 0 Å². The number of phenols is 1. The Bertz CT molecular complexity index is 699. The average Bonchev–Trinajstić information content (AvgIpc) is 2.58. The number of nitrogens with zero attached hydrogens (tertiary/aromatic N) is 1. The summed E-state index contributed by atoms with van der Waals surface area (Å²) in [5.41, 5.74) is 0.619. The molecule has 1 heterocycles. The summed E-state index contributed by atoms with van der Waals surface area (Å²) in [5, 5.41) is 10.1. The Balaban J connectivity index is 1.63. The van der Waals surface area contributed by atoms with E-state index in [0.717, 1.165) is 11.5 Å². The summed E-state index contributed by atoms with van der Waals surface area (Å²) >= 11 is 0. The monoisotopic (exact) mass is 313 g/mol. The van der Waals surface area contributed by atoms with Crippen LogP contribution in [0, 0.1) is 0 Å². The standard InChI is InChI=1S/C18H19NO4/c1-2-21-17-9-5-6-13(18(17)20)10-19-11-14-12-22-15-7-3-4-8-16(15)23-14/h3-10,14,20H,2,11-12H2,1H3/t14-/m1/s1. The van der Waals surface area contributed by atoms with Crippen LogP contribution in [-0.2, 0) is 0 Å². The van der Waals surface area contributed by atoms with Crippen molar-refractivity contribution in [3.63, 3.8) is 0 Å². The fourth-order valence-electron chi connectivity index (χ4n) is 2.34. The Morgan fingerprint density at radius 3 is 2.87 bits per heavy atom. The van der Waals surface area contributed by atoms with Crippen LogP contribution in [0.3, 0.4) is 0 Å². The Morgan fingerprint density at radius 2 is 2.04 bits per heavy atom. The Labute approximate surface area is 135 Å². The summed E-state index contributed by atoms with van der Waals surface area (Å²) in [4.78, 5) is 4.35. The van der Waals surface area contributed by atoms with Crippen LogP contribution in [0.2, 0.25) is 0 Å². The second-order valence-electron chi connectivity index (χ2n) is 5.12. The summed E-state index contributed by atoms with van der Waals surface area (Å²) in [6.45, 7) is 3.28. The molecule has 0 saturated carbocycles. The van der Waals surface area contributed by atoms with Gasteiger partial charge in [0, 0.05) is 11.8 Å². The van der Waals surface area contributed by atoms with Crippen molar-refractivity contribution in [1.82, 2.24) is 0 Å². The molecule has 2 aromatic rings. The Morgan fingerprint density at radius 1 is 1.22 bits per heavy atom. The molecule has 0 saturated heterocycles. The number of rotatable bonds is 5. The van der Waals surface area contributed by atoms with Gasteiger partial charge in [-0.1, -0.05) is 18.2 Å². The van der Waals surface area contributed by atoms with E-state index in [9.17, 15) is 5.11 Å². The van der Waals surface area contributed by atoms with Gasteiger partial charge in [-0.2, -0.15) is 0 Å². The minimum absolute atomic E-state index is 0.101. The maximum atomic E-state index is 10.1. The number of aromatic hydroxyl groups is 1. The van der Waals surface area contributed by atoms with Gasteiger partial charge in [-0.25, -0.2) is 0 Å². The van der Waals surface area contributed by atoms with E-state index >= 15 is 0 Å². The molecule has 0 unspecified atom stereocenters. The van der Waals surface area contributed by atoms with Gasteiger partial charge in [0.1, 0.15) is 6.61 Å². The van der Waals surface area contributed by atoms with Gasteiger partial charge < -0.3 is 19.3 Å². The number of hydrogen-bond acceptors (Lipinski definition) is 5. The zero-order valence-electron chi connectivity index (χ0n) is 12.9. The summed E-state index contributed by atoms with van der Waals surface area (Å²) in [6.07, 6.45) is 1.49. The molecule has 0 amide bonds. The van der Waals surface area contributed by atoms with Crippen molar-refractivity contribution in [1.29, 1.82) is 0 Å². The highest BCUT2D eigenvalue weighted by Crippen LogP contribution is 2.31. The van der Waals surface area contributed by atoms with Crippen molar-refractivity contribution in [3.8, 4) is 23.0 Å². The average molecular weight is 313 g/mol. The predicted octanol–water partition coefficient (Wildman–Crippen LogP) is 3.05. The second kappa shape index (κ2) is 7.05. The smallest absolute Gasteiger partial charge is 0.166 e. The van der Waals surface area contributed by atoms with Gasteiger partial charge in [0.15, 0.2) is 29.1 Å². The molecule has 0 fully saturated rings. The van der Waals surface area contributed by atoms with Crippen LogP contribution in [0.5, 0.6) is 23.0 Å². The van der Waals surface area contributed by atoms with E-state index < -0.39 is 0 Å². The van der Waals surface area contributed by atoms with E-state index in [1.165, 1.54) is 0 Å². The number of hydrogen-bond donors (Lipinski definition) is 1. The predicted molar refractivity (Wildman–Crippen MR) is 88.1 cm³/mol. The maximum Gasteiger partial charge on any atom is 0.166 e. The third-order valence-electron chi connectivity index (χ3n) is 3.44. The molecular formula is C18H19NO4. The van der Waals surface area contributed by atoms with Crippen molar-refractivity contribution in [2.75, 3.05) is 19.8 Å². The summed E-state index contributed by atoms with van der Waals surface area (Å²) in [5.74, 6) is 2.06. The minimum Gasteiger partial charge on any atom is -0.504 e. The van der Waals surface area contributed by atoms with Gasteiger partial charge >= 0.3 is 0 Å². The quantitative estimate of drug-likeness (QED) is 0.862. The number of para-hydroxylation sites is 3. The molecule has 0 radical (unpaired) electrons. The SMILES string of the molecule is CCOc1cccc(C=NC[C@@H]2COc3ccccc3O2)c1O. The lowest BCUT2D eigenvalue weighted by Crippen LogP contribution is -2.31. The van der Waals surface area contributed by atoms with Gasteiger partial charge in [0.25, 0.3) is 0 Å². The number of phenolic OH excluding ortho intramolecular Hbond substituents is 1. The first-order valence-corrected chi connectivity index (χ1v) is 7.61. The molecule has 0 aliphatic carbocycles. The van der Waals surface area contributed by atoms with Crippen molar-refractivity contribution >= 4 is 6.21 Å². The molecule has 5 nitrogen and oxygen atoms in total. The normalized spacial score (nSPS) is 16.5. The van der Waals surface area contributed by atoms with Gasteiger partial charge in [0.05, 0.1) is 13.2 Å². The van der Waals surface area contributed by atoms with Gasteiger partial charge in [-0.3, -0.25) is 4.99 Å². The Kier molecular flexibility index (Phi) is 4.66. The van der Waals surface area contributed by atoms with E-state index in [-0.39, 0.29) is 11.9 Å². The summed E-state index contributed by atoms with van der Waals surface area (Å²) in [7, 11) is 0. The van der Waals surface area contributed by atoms with Crippen molar-refractivity contribution < 1.29 is 19.3 Å². The molecular weight excluding hydrogens is 294 g/mol. The largest absolute Gasteiger partial charge is 0.504 e. The van der Waals surface area contributed by atoms with Crippen LogP contribution in [0.15, 0.2) is 47.5 Å². The zero-order chi connectivity index (χ0) is 16.1. The molecule has 3 rings (SSSR count). The molecule has 0 spiro atoms. The van der Waals surface area contributed by atoms with Crippen LogP contribution < -0.4 is 14.2 Å². The highest BCUT2D eigenvalue weighted by molar-refractivity contribution is 5.84. The van der Waals surface area contributed by atoms with Crippen LogP contribution in [0.25, 0.3) is 0 Å². The summed E-state index contributed by atoms with van der Waals surface area (Å²) < 4.78 is 16.8. The molecule has 0 aromatic heterocycles. The first-order chi connectivity index (χ1) is 11.3. The van der Waals surface area contributed by atoms with Crippen LogP contribution in [-0.4, -0.2) is 37.2 Å². The third kappa shape index (κ3) is 3.56. The number of fused-ring (bicyclic) bond motifs is 1. The van der Waals surface area contributed by atoms with Crippen molar-refractivity contribution in [2.24, 2.45) is 4.99 Å². The van der Waals surface area contributed by atoms with E-state index in [1.807, 2.05) is 37.3 Å². The fraction of sp³-hybridized carbons (Fsp3) is 0.278. The number of aliphatic imine (C=N–C) groups is 1. The number of benzene rings is 2. The lowest BCUT2D eigenvalue weighted by Gasteiger charge is -2.25. The lowest BCUT2D eigenvalue weighted by atomic mass is 10.2. The van der Waals surface area contributed by atoms with Crippen molar-refractivity contribution in [2.45, 2.75) is 13.0 Å².